The molecular formula is C15H15ClN2O2S. The maximum Gasteiger partial charge on any atom is 0.328 e. The first-order valence-corrected chi connectivity index (χ1v) is 7.54. The van der Waals surface area contributed by atoms with Gasteiger partial charge in [-0.05, 0) is 25.1 Å². The third kappa shape index (κ3) is 3.83. The summed E-state index contributed by atoms with van der Waals surface area (Å²) in [5.41, 5.74) is 4.41. The van der Waals surface area contributed by atoms with Gasteiger partial charge in [0.05, 0.1) is 17.7 Å². The summed E-state index contributed by atoms with van der Waals surface area (Å²) in [6.45, 7) is 2.67. The van der Waals surface area contributed by atoms with Crippen molar-refractivity contribution in [2.75, 3.05) is 11.9 Å². The van der Waals surface area contributed by atoms with Crippen molar-refractivity contribution in [1.82, 2.24) is 4.98 Å². The van der Waals surface area contributed by atoms with E-state index in [4.69, 9.17) is 16.7 Å². The van der Waals surface area contributed by atoms with Crippen LogP contribution in [0.25, 0.3) is 6.08 Å². The van der Waals surface area contributed by atoms with Gasteiger partial charge in [0, 0.05) is 34.3 Å². The van der Waals surface area contributed by atoms with Gasteiger partial charge in [-0.1, -0.05) is 17.7 Å². The lowest BCUT2D eigenvalue weighted by molar-refractivity contribution is -0.131. The molecule has 0 saturated carbocycles. The van der Waals surface area contributed by atoms with Gasteiger partial charge in [0.25, 0.3) is 0 Å². The highest BCUT2D eigenvalue weighted by molar-refractivity contribution is 7.09. The molecule has 0 atom stereocenters. The van der Waals surface area contributed by atoms with Crippen molar-refractivity contribution in [1.29, 1.82) is 0 Å². The van der Waals surface area contributed by atoms with Crippen molar-refractivity contribution >= 4 is 40.7 Å². The minimum Gasteiger partial charge on any atom is -0.478 e. The molecule has 0 saturated heterocycles. The maximum absolute atomic E-state index is 10.7. The first kappa shape index (κ1) is 15.5. The number of carboxylic acids is 1. The molecule has 0 aliphatic carbocycles. The summed E-state index contributed by atoms with van der Waals surface area (Å²) in [5, 5.41) is 9.31. The van der Waals surface area contributed by atoms with Gasteiger partial charge in [-0.3, -0.25) is 0 Å². The number of rotatable bonds is 5. The lowest BCUT2D eigenvalue weighted by Crippen LogP contribution is -2.17. The van der Waals surface area contributed by atoms with E-state index in [2.05, 4.69) is 4.98 Å². The van der Waals surface area contributed by atoms with Crippen molar-refractivity contribution in [3.05, 3.63) is 50.9 Å². The molecule has 6 heteroatoms. The molecule has 1 N–H and O–H groups in total. The van der Waals surface area contributed by atoms with Gasteiger partial charge in [0.1, 0.15) is 0 Å². The Morgan fingerprint density at radius 3 is 2.90 bits per heavy atom. The van der Waals surface area contributed by atoms with E-state index >= 15 is 0 Å². The van der Waals surface area contributed by atoms with E-state index in [0.29, 0.717) is 17.1 Å². The molecule has 0 bridgehead atoms. The highest BCUT2D eigenvalue weighted by atomic mass is 35.5. The van der Waals surface area contributed by atoms with E-state index in [1.54, 1.807) is 17.4 Å². The quantitative estimate of drug-likeness (QED) is 0.850. The fourth-order valence-electron chi connectivity index (χ4n) is 1.96. The van der Waals surface area contributed by atoms with Crippen LogP contribution in [0, 0.1) is 6.92 Å². The average Bonchev–Trinajstić information content (AvgIpc) is 2.82. The van der Waals surface area contributed by atoms with Gasteiger partial charge >= 0.3 is 5.97 Å². The number of aryl methyl sites for hydroxylation is 1. The first-order chi connectivity index (χ1) is 9.99. The number of benzene rings is 1. The minimum absolute atomic E-state index is 0.526. The number of hydrogen-bond donors (Lipinski definition) is 1. The van der Waals surface area contributed by atoms with E-state index < -0.39 is 5.97 Å². The van der Waals surface area contributed by atoms with Crippen LogP contribution in [0.15, 0.2) is 29.8 Å². The van der Waals surface area contributed by atoms with Crippen LogP contribution >= 0.6 is 22.9 Å². The predicted octanol–water partition coefficient (Wildman–Crippen LogP) is 3.84. The lowest BCUT2D eigenvalue weighted by Gasteiger charge is -2.21. The Morgan fingerprint density at radius 2 is 2.29 bits per heavy atom. The second-order valence-electron chi connectivity index (χ2n) is 4.56. The third-order valence-corrected chi connectivity index (χ3v) is 4.31. The maximum atomic E-state index is 10.7. The third-order valence-electron chi connectivity index (χ3n) is 3.06. The smallest absolute Gasteiger partial charge is 0.328 e. The lowest BCUT2D eigenvalue weighted by atomic mass is 10.1. The van der Waals surface area contributed by atoms with Gasteiger partial charge in [0.2, 0.25) is 0 Å². The standard InChI is InChI=1S/C15H15ClN2O2S/c1-10-14(21-9-17-10)8-18(2)13-5-3-4-12(16)11(13)6-7-15(19)20/h3-7,9H,8H2,1-2H3,(H,19,20). The first-order valence-electron chi connectivity index (χ1n) is 6.28. The van der Waals surface area contributed by atoms with E-state index in [-0.39, 0.29) is 0 Å². The van der Waals surface area contributed by atoms with Crippen LogP contribution in [0.3, 0.4) is 0 Å². The molecule has 0 aliphatic heterocycles. The zero-order chi connectivity index (χ0) is 15.4. The number of nitrogens with zero attached hydrogens (tertiary/aromatic N) is 2. The van der Waals surface area contributed by atoms with Crippen LogP contribution in [0.1, 0.15) is 16.1 Å². The molecule has 4 nitrogen and oxygen atoms in total. The molecule has 0 aliphatic rings. The van der Waals surface area contributed by atoms with Gasteiger partial charge < -0.3 is 10.0 Å². The summed E-state index contributed by atoms with van der Waals surface area (Å²) in [6.07, 6.45) is 2.62. The number of carboxylic acid groups (broad SMARTS) is 1. The molecule has 2 aromatic rings. The zero-order valence-electron chi connectivity index (χ0n) is 11.7. The number of hydrogen-bond acceptors (Lipinski definition) is 4. The molecule has 0 spiro atoms. The summed E-state index contributed by atoms with van der Waals surface area (Å²) in [6, 6.07) is 5.52. The molecule has 0 unspecified atom stereocenters. The average molecular weight is 323 g/mol. The van der Waals surface area contributed by atoms with Gasteiger partial charge in [-0.25, -0.2) is 9.78 Å². The Labute approximate surface area is 132 Å². The SMILES string of the molecule is Cc1ncsc1CN(C)c1cccc(Cl)c1C=CC(=O)O. The highest BCUT2D eigenvalue weighted by Crippen LogP contribution is 2.30. The highest BCUT2D eigenvalue weighted by Gasteiger charge is 2.11. The summed E-state index contributed by atoms with van der Waals surface area (Å²) in [7, 11) is 1.95. The molecule has 0 radical (unpaired) electrons. The largest absolute Gasteiger partial charge is 0.478 e. The van der Waals surface area contributed by atoms with Crippen molar-refractivity contribution in [2.45, 2.75) is 13.5 Å². The Hall–Kier alpha value is -1.85. The summed E-state index contributed by atoms with van der Waals surface area (Å²) in [5.74, 6) is -0.998. The van der Waals surface area contributed by atoms with Gasteiger partial charge in [-0.15, -0.1) is 11.3 Å². The number of carbonyl (C=O) groups is 1. The van der Waals surface area contributed by atoms with E-state index in [1.165, 1.54) is 11.0 Å². The van der Waals surface area contributed by atoms with Crippen LogP contribution in [0.2, 0.25) is 5.02 Å². The van der Waals surface area contributed by atoms with Gasteiger partial charge in [0.15, 0.2) is 0 Å². The van der Waals surface area contributed by atoms with E-state index in [0.717, 1.165) is 17.5 Å². The number of halogens is 1. The number of aliphatic carboxylic acids is 1. The molecule has 1 aromatic carbocycles. The fraction of sp³-hybridized carbons (Fsp3) is 0.200. The summed E-state index contributed by atoms with van der Waals surface area (Å²) < 4.78 is 0. The number of anilines is 1. The van der Waals surface area contributed by atoms with Crippen molar-refractivity contribution in [3.8, 4) is 0 Å². The Balaban J connectivity index is 2.32. The second-order valence-corrected chi connectivity index (χ2v) is 5.91. The topological polar surface area (TPSA) is 53.4 Å². The van der Waals surface area contributed by atoms with E-state index in [9.17, 15) is 4.79 Å². The predicted molar refractivity (Wildman–Crippen MR) is 87.1 cm³/mol. The monoisotopic (exact) mass is 322 g/mol. The second kappa shape index (κ2) is 6.74. The van der Waals surface area contributed by atoms with Crippen LogP contribution in [0.5, 0.6) is 0 Å². The molecule has 1 aromatic heterocycles. The normalized spacial score (nSPS) is 11.0. The van der Waals surface area contributed by atoms with Crippen molar-refractivity contribution in [3.63, 3.8) is 0 Å². The molecule has 0 amide bonds. The van der Waals surface area contributed by atoms with Gasteiger partial charge in [-0.2, -0.15) is 0 Å². The molecule has 0 fully saturated rings. The summed E-state index contributed by atoms with van der Waals surface area (Å²) >= 11 is 7.79. The Morgan fingerprint density at radius 1 is 1.52 bits per heavy atom. The molecule has 1 heterocycles. The zero-order valence-corrected chi connectivity index (χ0v) is 13.3. The Bertz CT molecular complexity index is 682. The minimum atomic E-state index is -0.998. The molecule has 2 rings (SSSR count). The number of aromatic nitrogens is 1. The molecular weight excluding hydrogens is 308 g/mol. The van der Waals surface area contributed by atoms with E-state index in [1.807, 2.05) is 36.5 Å². The van der Waals surface area contributed by atoms with Crippen molar-refractivity contribution < 1.29 is 9.90 Å². The van der Waals surface area contributed by atoms with Crippen molar-refractivity contribution in [2.24, 2.45) is 0 Å². The summed E-state index contributed by atoms with van der Waals surface area (Å²) in [4.78, 5) is 18.2. The molecule has 110 valence electrons. The Kier molecular flexibility index (Phi) is 4.98. The molecule has 21 heavy (non-hydrogen) atoms. The number of thiazole rings is 1. The van der Waals surface area contributed by atoms with Crippen LogP contribution in [0.4, 0.5) is 5.69 Å². The van der Waals surface area contributed by atoms with Crippen LogP contribution < -0.4 is 4.90 Å². The fourth-order valence-corrected chi connectivity index (χ4v) is 3.02. The van der Waals surface area contributed by atoms with Crippen LogP contribution in [-0.4, -0.2) is 23.1 Å². The van der Waals surface area contributed by atoms with Crippen LogP contribution in [-0.2, 0) is 11.3 Å².